The first-order chi connectivity index (χ1) is 16.9. The largest absolute Gasteiger partial charge is 0.496 e. The lowest BCUT2D eigenvalue weighted by Gasteiger charge is -2.13. The zero-order valence-corrected chi connectivity index (χ0v) is 20.8. The predicted molar refractivity (Wildman–Crippen MR) is 129 cm³/mol. The van der Waals surface area contributed by atoms with Crippen molar-refractivity contribution in [1.82, 2.24) is 0 Å². The third-order valence-corrected chi connectivity index (χ3v) is 4.51. The number of hydrogen-bond donors (Lipinski definition) is 0. The summed E-state index contributed by atoms with van der Waals surface area (Å²) < 4.78 is 35.6. The molecule has 0 atom stereocenters. The summed E-state index contributed by atoms with van der Waals surface area (Å²) in [5.41, 5.74) is 0.703. The summed E-state index contributed by atoms with van der Waals surface area (Å²) in [6.07, 6.45) is 2.07. The van der Waals surface area contributed by atoms with Crippen LogP contribution in [0.2, 0.25) is 0 Å². The molecule has 188 valence electrons. The Morgan fingerprint density at radius 1 is 0.771 bits per heavy atom. The molecule has 0 heterocycles. The maximum atomic E-state index is 11.7. The Hall–Kier alpha value is -4.39. The Labute approximate surface area is 204 Å². The van der Waals surface area contributed by atoms with Crippen molar-refractivity contribution in [1.29, 1.82) is 0 Å². The van der Waals surface area contributed by atoms with Gasteiger partial charge in [-0.15, -0.1) is 0 Å². The Bertz CT molecular complexity index is 1040. The molecule has 10 nitrogen and oxygen atoms in total. The van der Waals surface area contributed by atoms with Crippen LogP contribution in [-0.4, -0.2) is 61.5 Å². The number of aldehydes is 1. The third-order valence-electron chi connectivity index (χ3n) is 4.51. The van der Waals surface area contributed by atoms with Crippen LogP contribution < -0.4 is 28.4 Å². The summed E-state index contributed by atoms with van der Waals surface area (Å²) in [4.78, 5) is 25.6. The van der Waals surface area contributed by atoms with Gasteiger partial charge in [-0.1, -0.05) is 0 Å². The van der Waals surface area contributed by atoms with Crippen LogP contribution in [0.5, 0.6) is 34.5 Å². The first kappa shape index (κ1) is 28.6. The first-order valence-electron chi connectivity index (χ1n) is 10.2. The van der Waals surface area contributed by atoms with Gasteiger partial charge in [-0.3, -0.25) is 9.59 Å². The van der Waals surface area contributed by atoms with Crippen molar-refractivity contribution in [3.63, 3.8) is 0 Å². The van der Waals surface area contributed by atoms with Crippen molar-refractivity contribution < 1.29 is 42.7 Å². The molecule has 2 aromatic carbocycles. The fourth-order valence-corrected chi connectivity index (χ4v) is 2.80. The molecule has 0 aliphatic heterocycles. The van der Waals surface area contributed by atoms with E-state index in [0.717, 1.165) is 0 Å². The zero-order valence-electron chi connectivity index (χ0n) is 20.8. The summed E-state index contributed by atoms with van der Waals surface area (Å²) in [5.74, 6) is 2.18. The molecular weight excluding hydrogens is 458 g/mol. The quantitative estimate of drug-likeness (QED) is 0.212. The molecule has 0 saturated carbocycles. The SMILES string of the molecule is COc1cc(OC)c(C=O)c(OC)c1.[C-]#[N+]/C(=C\c1c(OC)cc(OC)cc1OC)C(=O)OCC. The average Bonchev–Trinajstić information content (AvgIpc) is 2.90. The highest BCUT2D eigenvalue weighted by Gasteiger charge is 2.17. The second-order valence-corrected chi connectivity index (χ2v) is 6.37. The number of carbonyl (C=O) groups is 2. The number of carbonyl (C=O) groups excluding carboxylic acids is 2. The molecule has 35 heavy (non-hydrogen) atoms. The normalized spacial score (nSPS) is 10.1. The second-order valence-electron chi connectivity index (χ2n) is 6.37. The van der Waals surface area contributed by atoms with E-state index in [1.165, 1.54) is 48.7 Å². The van der Waals surface area contributed by atoms with Gasteiger partial charge < -0.3 is 33.2 Å². The molecule has 0 bridgehead atoms. The maximum absolute atomic E-state index is 11.7. The van der Waals surface area contributed by atoms with E-state index in [4.69, 9.17) is 39.7 Å². The lowest BCUT2D eigenvalue weighted by atomic mass is 10.1. The van der Waals surface area contributed by atoms with Gasteiger partial charge in [0.15, 0.2) is 6.29 Å². The average molecular weight is 488 g/mol. The van der Waals surface area contributed by atoms with E-state index in [1.54, 1.807) is 31.2 Å². The Balaban J connectivity index is 0.000000379. The monoisotopic (exact) mass is 487 g/mol. The molecule has 2 rings (SSSR count). The van der Waals surface area contributed by atoms with Crippen LogP contribution in [0.15, 0.2) is 30.0 Å². The molecule has 0 aliphatic carbocycles. The summed E-state index contributed by atoms with van der Waals surface area (Å²) in [6, 6.07) is 6.54. The van der Waals surface area contributed by atoms with Crippen molar-refractivity contribution >= 4 is 18.3 Å². The fourth-order valence-electron chi connectivity index (χ4n) is 2.80. The first-order valence-corrected chi connectivity index (χ1v) is 10.2. The highest BCUT2D eigenvalue weighted by molar-refractivity contribution is 5.96. The van der Waals surface area contributed by atoms with Gasteiger partial charge in [0, 0.05) is 29.8 Å². The van der Waals surface area contributed by atoms with E-state index in [0.29, 0.717) is 51.9 Å². The van der Waals surface area contributed by atoms with Gasteiger partial charge in [-0.25, -0.2) is 4.85 Å². The highest BCUT2D eigenvalue weighted by atomic mass is 16.5. The van der Waals surface area contributed by atoms with E-state index < -0.39 is 5.97 Å². The van der Waals surface area contributed by atoms with Gasteiger partial charge in [0.25, 0.3) is 5.70 Å². The molecule has 0 saturated heterocycles. The van der Waals surface area contributed by atoms with E-state index in [-0.39, 0.29) is 12.3 Å². The van der Waals surface area contributed by atoms with E-state index >= 15 is 0 Å². The molecule has 0 unspecified atom stereocenters. The van der Waals surface area contributed by atoms with E-state index in [9.17, 15) is 9.59 Å². The lowest BCUT2D eigenvalue weighted by molar-refractivity contribution is -0.138. The van der Waals surface area contributed by atoms with Crippen molar-refractivity contribution in [2.75, 3.05) is 49.3 Å². The summed E-state index contributed by atoms with van der Waals surface area (Å²) >= 11 is 0. The number of ether oxygens (including phenoxy) is 7. The van der Waals surface area contributed by atoms with Gasteiger partial charge in [0.2, 0.25) is 0 Å². The van der Waals surface area contributed by atoms with E-state index in [2.05, 4.69) is 4.85 Å². The van der Waals surface area contributed by atoms with Crippen molar-refractivity contribution in [3.05, 3.63) is 52.5 Å². The minimum Gasteiger partial charge on any atom is -0.496 e. The molecule has 0 N–H and O–H groups in total. The van der Waals surface area contributed by atoms with Gasteiger partial charge in [0.1, 0.15) is 34.5 Å². The van der Waals surface area contributed by atoms with Crippen LogP contribution in [-0.2, 0) is 9.53 Å². The Kier molecular flexibility index (Phi) is 12.0. The molecule has 0 amide bonds. The van der Waals surface area contributed by atoms with Gasteiger partial charge >= 0.3 is 5.97 Å². The van der Waals surface area contributed by atoms with E-state index in [1.807, 2.05) is 0 Å². The molecular formula is C25H29NO9. The summed E-state index contributed by atoms with van der Waals surface area (Å²) in [6.45, 7) is 8.97. The standard InChI is InChI=1S/C15H17NO5.C10H12O4/c1-6-21-15(17)12(16-2)9-11-13(19-4)7-10(18-3)8-14(11)20-5;1-12-7-4-9(13-2)8(6-11)10(5-7)14-3/h7-9H,6H2,1,3-5H3;4-6H,1-3H3/b12-9-;. The third kappa shape index (κ3) is 7.57. The van der Waals surface area contributed by atoms with Gasteiger partial charge in [0.05, 0.1) is 61.4 Å². The molecule has 2 aromatic rings. The molecule has 0 spiro atoms. The number of rotatable bonds is 10. The topological polar surface area (TPSA) is 103 Å². The lowest BCUT2D eigenvalue weighted by Crippen LogP contribution is -2.05. The van der Waals surface area contributed by atoms with Crippen LogP contribution in [0.1, 0.15) is 22.8 Å². The fraction of sp³-hybridized carbons (Fsp3) is 0.320. The molecule has 0 radical (unpaired) electrons. The number of benzene rings is 2. The number of esters is 1. The number of methoxy groups -OCH3 is 6. The molecule has 10 heteroatoms. The van der Waals surface area contributed by atoms with Gasteiger partial charge in [-0.2, -0.15) is 0 Å². The van der Waals surface area contributed by atoms with Crippen LogP contribution >= 0.6 is 0 Å². The Morgan fingerprint density at radius 2 is 1.17 bits per heavy atom. The Morgan fingerprint density at radius 3 is 1.46 bits per heavy atom. The number of nitrogens with zero attached hydrogens (tertiary/aromatic N) is 1. The minimum absolute atomic E-state index is 0.154. The van der Waals surface area contributed by atoms with Crippen LogP contribution in [0.25, 0.3) is 10.9 Å². The maximum Gasteiger partial charge on any atom is 0.336 e. The van der Waals surface area contributed by atoms with Crippen molar-refractivity contribution in [2.24, 2.45) is 0 Å². The summed E-state index contributed by atoms with van der Waals surface area (Å²) in [5, 5.41) is 0. The predicted octanol–water partition coefficient (Wildman–Crippen LogP) is 4.06. The zero-order chi connectivity index (χ0) is 26.4. The summed E-state index contributed by atoms with van der Waals surface area (Å²) in [7, 11) is 8.99. The van der Waals surface area contributed by atoms with Crippen molar-refractivity contribution in [3.8, 4) is 34.5 Å². The minimum atomic E-state index is -0.688. The van der Waals surface area contributed by atoms with Crippen LogP contribution in [0.3, 0.4) is 0 Å². The molecule has 0 fully saturated rings. The van der Waals surface area contributed by atoms with Crippen molar-refractivity contribution in [2.45, 2.75) is 6.92 Å². The number of hydrogen-bond acceptors (Lipinski definition) is 9. The second kappa shape index (κ2) is 14.7. The molecule has 0 aliphatic rings. The van der Waals surface area contributed by atoms with Crippen LogP contribution in [0, 0.1) is 6.57 Å². The van der Waals surface area contributed by atoms with Crippen LogP contribution in [0.4, 0.5) is 0 Å². The highest BCUT2D eigenvalue weighted by Crippen LogP contribution is 2.36. The van der Waals surface area contributed by atoms with Gasteiger partial charge in [-0.05, 0) is 13.0 Å². The smallest absolute Gasteiger partial charge is 0.336 e. The molecule has 0 aromatic heterocycles.